The number of halogens is 3. The van der Waals surface area contributed by atoms with Gasteiger partial charge in [-0.1, -0.05) is 42.5 Å². The molecule has 6 nitrogen and oxygen atoms in total. The molecule has 34 heavy (non-hydrogen) atoms. The Morgan fingerprint density at radius 2 is 1.68 bits per heavy atom. The number of sulfonamides is 1. The number of benzene rings is 2. The average molecular weight is 496 g/mol. The Kier molecular flexibility index (Phi) is 7.02. The molecule has 4 rings (SSSR count). The van der Waals surface area contributed by atoms with Gasteiger partial charge in [-0.2, -0.15) is 17.5 Å². The molecule has 0 bridgehead atoms. The van der Waals surface area contributed by atoms with Crippen LogP contribution in [-0.4, -0.2) is 66.4 Å². The van der Waals surface area contributed by atoms with Crippen molar-refractivity contribution in [1.29, 1.82) is 0 Å². The molecule has 0 saturated carbocycles. The summed E-state index contributed by atoms with van der Waals surface area (Å²) in [6, 6.07) is 12.1. The number of alkyl halides is 3. The summed E-state index contributed by atoms with van der Waals surface area (Å²) in [7, 11) is -3.58. The molecule has 1 fully saturated rings. The van der Waals surface area contributed by atoms with Crippen molar-refractivity contribution in [2.24, 2.45) is 0 Å². The third-order valence-corrected chi connectivity index (χ3v) is 8.38. The van der Waals surface area contributed by atoms with Crippen LogP contribution in [0.15, 0.2) is 48.5 Å². The summed E-state index contributed by atoms with van der Waals surface area (Å²) >= 11 is 0. The molecule has 1 saturated heterocycles. The minimum atomic E-state index is -4.38. The first-order chi connectivity index (χ1) is 16.1. The van der Waals surface area contributed by atoms with Crippen LogP contribution < -0.4 is 0 Å². The van der Waals surface area contributed by atoms with Crippen LogP contribution in [0, 0.1) is 0 Å². The van der Waals surface area contributed by atoms with Crippen LogP contribution in [0.5, 0.6) is 0 Å². The lowest BCUT2D eigenvalue weighted by molar-refractivity contribution is -0.138. The molecular formula is C24H28F3N3O3S. The Morgan fingerprint density at radius 3 is 2.32 bits per heavy atom. The van der Waals surface area contributed by atoms with E-state index < -0.39 is 27.8 Å². The van der Waals surface area contributed by atoms with Gasteiger partial charge in [0.05, 0.1) is 11.3 Å². The maximum absolute atomic E-state index is 13.4. The highest BCUT2D eigenvalue weighted by molar-refractivity contribution is 7.89. The first-order valence-corrected chi connectivity index (χ1v) is 12.9. The van der Waals surface area contributed by atoms with Gasteiger partial charge in [-0.3, -0.25) is 9.69 Å². The summed E-state index contributed by atoms with van der Waals surface area (Å²) in [6.45, 7) is 3.92. The van der Waals surface area contributed by atoms with Gasteiger partial charge in [0.15, 0.2) is 0 Å². The van der Waals surface area contributed by atoms with Crippen LogP contribution in [0.3, 0.4) is 0 Å². The van der Waals surface area contributed by atoms with E-state index in [1.54, 1.807) is 17.9 Å². The van der Waals surface area contributed by atoms with Crippen LogP contribution >= 0.6 is 0 Å². The van der Waals surface area contributed by atoms with E-state index in [2.05, 4.69) is 0 Å². The van der Waals surface area contributed by atoms with Crippen molar-refractivity contribution in [3.8, 4) is 0 Å². The van der Waals surface area contributed by atoms with Gasteiger partial charge >= 0.3 is 6.18 Å². The number of amides is 1. The van der Waals surface area contributed by atoms with Crippen molar-refractivity contribution in [2.75, 3.05) is 31.9 Å². The molecule has 184 valence electrons. The van der Waals surface area contributed by atoms with Crippen LogP contribution in [0.4, 0.5) is 13.2 Å². The van der Waals surface area contributed by atoms with Gasteiger partial charge in [0.1, 0.15) is 6.04 Å². The van der Waals surface area contributed by atoms with E-state index in [1.165, 1.54) is 10.4 Å². The Bertz CT molecular complexity index is 1150. The van der Waals surface area contributed by atoms with Gasteiger partial charge in [-0.05, 0) is 36.1 Å². The number of piperazine rings is 1. The number of carbonyl (C=O) groups excluding carboxylic acids is 1. The zero-order valence-electron chi connectivity index (χ0n) is 19.0. The van der Waals surface area contributed by atoms with Crippen molar-refractivity contribution >= 4 is 15.9 Å². The predicted molar refractivity (Wildman–Crippen MR) is 122 cm³/mol. The predicted octanol–water partition coefficient (Wildman–Crippen LogP) is 3.13. The molecule has 0 radical (unpaired) electrons. The van der Waals surface area contributed by atoms with Crippen molar-refractivity contribution in [2.45, 2.75) is 38.7 Å². The van der Waals surface area contributed by atoms with Crippen molar-refractivity contribution in [3.63, 3.8) is 0 Å². The van der Waals surface area contributed by atoms with E-state index in [-0.39, 0.29) is 18.2 Å². The largest absolute Gasteiger partial charge is 0.416 e. The first-order valence-electron chi connectivity index (χ1n) is 11.3. The van der Waals surface area contributed by atoms with Crippen molar-refractivity contribution in [1.82, 2.24) is 14.1 Å². The normalized spacial score (nSPS) is 20.2. The zero-order valence-corrected chi connectivity index (χ0v) is 19.8. The Morgan fingerprint density at radius 1 is 1.00 bits per heavy atom. The minimum Gasteiger partial charge on any atom is -0.339 e. The SMILES string of the molecule is CCS(=O)(=O)N1Cc2ccccc2CC1C(=O)N1CCN(Cc2cccc(C(F)(F)F)c2)CC1. The van der Waals surface area contributed by atoms with Gasteiger partial charge in [0.2, 0.25) is 15.9 Å². The summed E-state index contributed by atoms with van der Waals surface area (Å²) in [5.41, 5.74) is 1.79. The molecule has 0 aliphatic carbocycles. The maximum atomic E-state index is 13.4. The molecule has 2 aromatic carbocycles. The van der Waals surface area contributed by atoms with Gasteiger partial charge < -0.3 is 4.90 Å². The van der Waals surface area contributed by atoms with Crippen LogP contribution in [-0.2, 0) is 40.5 Å². The summed E-state index contributed by atoms with van der Waals surface area (Å²) in [5.74, 6) is -0.297. The van der Waals surface area contributed by atoms with E-state index >= 15 is 0 Å². The highest BCUT2D eigenvalue weighted by Crippen LogP contribution is 2.30. The standard InChI is InChI=1S/C24H28F3N3O3S/c1-2-34(32,33)30-17-20-8-4-3-7-19(20)15-22(30)23(31)29-12-10-28(11-13-29)16-18-6-5-9-21(14-18)24(25,26)27/h3-9,14,22H,2,10-13,15-17H2,1H3. The summed E-state index contributed by atoms with van der Waals surface area (Å²) in [6.07, 6.45) is -4.05. The van der Waals surface area contributed by atoms with Gasteiger partial charge in [-0.25, -0.2) is 8.42 Å². The molecule has 0 spiro atoms. The lowest BCUT2D eigenvalue weighted by Crippen LogP contribution is -2.57. The smallest absolute Gasteiger partial charge is 0.339 e. The molecule has 2 aliphatic rings. The van der Waals surface area contributed by atoms with Crippen LogP contribution in [0.2, 0.25) is 0 Å². The quantitative estimate of drug-likeness (QED) is 0.640. The first kappa shape index (κ1) is 24.7. The molecule has 1 amide bonds. The second kappa shape index (κ2) is 9.67. The highest BCUT2D eigenvalue weighted by Gasteiger charge is 2.40. The summed E-state index contributed by atoms with van der Waals surface area (Å²) in [4.78, 5) is 17.1. The molecular weight excluding hydrogens is 467 g/mol. The van der Waals surface area contributed by atoms with Crippen molar-refractivity contribution < 1.29 is 26.4 Å². The Labute approximate surface area is 198 Å². The van der Waals surface area contributed by atoms with Crippen LogP contribution in [0.25, 0.3) is 0 Å². The van der Waals surface area contributed by atoms with Gasteiger partial charge in [0.25, 0.3) is 0 Å². The fourth-order valence-corrected chi connectivity index (χ4v) is 5.83. The van der Waals surface area contributed by atoms with E-state index in [1.807, 2.05) is 29.2 Å². The number of hydrogen-bond acceptors (Lipinski definition) is 4. The van der Waals surface area contributed by atoms with Crippen LogP contribution in [0.1, 0.15) is 29.2 Å². The molecule has 0 aromatic heterocycles. The summed E-state index contributed by atoms with van der Waals surface area (Å²) < 4.78 is 65.9. The number of hydrogen-bond donors (Lipinski definition) is 0. The fourth-order valence-electron chi connectivity index (χ4n) is 4.61. The second-order valence-corrected chi connectivity index (χ2v) is 10.9. The monoisotopic (exact) mass is 495 g/mol. The number of fused-ring (bicyclic) bond motifs is 1. The maximum Gasteiger partial charge on any atom is 0.416 e. The summed E-state index contributed by atoms with van der Waals surface area (Å²) in [5, 5.41) is 0. The van der Waals surface area contributed by atoms with E-state index in [9.17, 15) is 26.4 Å². The third-order valence-electron chi connectivity index (χ3n) is 6.56. The molecule has 10 heteroatoms. The number of nitrogens with zero attached hydrogens (tertiary/aromatic N) is 3. The molecule has 1 unspecified atom stereocenters. The van der Waals surface area contributed by atoms with E-state index in [4.69, 9.17) is 0 Å². The fraction of sp³-hybridized carbons (Fsp3) is 0.458. The Balaban J connectivity index is 1.43. The Hall–Kier alpha value is -2.43. The van der Waals surface area contributed by atoms with Gasteiger partial charge in [-0.15, -0.1) is 0 Å². The number of rotatable bonds is 5. The third kappa shape index (κ3) is 5.29. The second-order valence-electron chi connectivity index (χ2n) is 8.73. The minimum absolute atomic E-state index is 0.0796. The van der Waals surface area contributed by atoms with Gasteiger partial charge in [0, 0.05) is 39.3 Å². The van der Waals surface area contributed by atoms with Crippen molar-refractivity contribution in [3.05, 3.63) is 70.8 Å². The molecule has 2 aromatic rings. The zero-order chi connectivity index (χ0) is 24.5. The molecule has 2 heterocycles. The van der Waals surface area contributed by atoms with E-state index in [0.717, 1.165) is 23.3 Å². The lowest BCUT2D eigenvalue weighted by Gasteiger charge is -2.40. The number of carbonyl (C=O) groups is 1. The van der Waals surface area contributed by atoms with E-state index in [0.29, 0.717) is 44.7 Å². The molecule has 1 atom stereocenters. The lowest BCUT2D eigenvalue weighted by atomic mass is 9.95. The molecule has 2 aliphatic heterocycles. The highest BCUT2D eigenvalue weighted by atomic mass is 32.2. The molecule has 0 N–H and O–H groups in total. The average Bonchev–Trinajstić information content (AvgIpc) is 2.83. The topological polar surface area (TPSA) is 60.9 Å².